The average Bonchev–Trinajstić information content (AvgIpc) is 2.78. The molecule has 3 rings (SSSR count). The number of halogens is 2. The summed E-state index contributed by atoms with van der Waals surface area (Å²) in [6, 6.07) is 18.5. The summed E-state index contributed by atoms with van der Waals surface area (Å²) < 4.78 is 5.19. The number of anilines is 1. The Morgan fingerprint density at radius 2 is 1.45 bits per heavy atom. The van der Waals surface area contributed by atoms with Crippen LogP contribution in [0.15, 0.2) is 71.8 Å². The maximum Gasteiger partial charge on any atom is 0.275 e. The normalized spacial score (nSPS) is 11.0. The molecule has 2 amide bonds. The SMILES string of the molecule is COc1ccc(Cl)cc1C(=O)NN=C(C)c1ccc(NC(=O)c2ccc(Cl)cc2)cc1. The van der Waals surface area contributed by atoms with E-state index in [0.717, 1.165) is 5.56 Å². The van der Waals surface area contributed by atoms with Crippen molar-refractivity contribution in [3.63, 3.8) is 0 Å². The number of carbonyl (C=O) groups excluding carboxylic acids is 2. The molecule has 0 aliphatic rings. The summed E-state index contributed by atoms with van der Waals surface area (Å²) in [5, 5.41) is 7.94. The number of hydrogen-bond donors (Lipinski definition) is 2. The Morgan fingerprint density at radius 3 is 2.10 bits per heavy atom. The highest BCUT2D eigenvalue weighted by atomic mass is 35.5. The molecule has 0 fully saturated rings. The first-order valence-electron chi connectivity index (χ1n) is 9.23. The third-order valence-corrected chi connectivity index (χ3v) is 4.89. The summed E-state index contributed by atoms with van der Waals surface area (Å²) in [7, 11) is 1.47. The number of hydrazone groups is 1. The standard InChI is InChI=1S/C23H19Cl2N3O3/c1-14(27-28-23(30)20-13-18(25)9-12-21(20)31-2)15-5-10-19(11-6-15)26-22(29)16-3-7-17(24)8-4-16/h3-13H,1-2H3,(H,26,29)(H,28,30). The molecule has 8 heteroatoms. The minimum absolute atomic E-state index is 0.238. The molecule has 0 aliphatic carbocycles. The van der Waals surface area contributed by atoms with E-state index < -0.39 is 5.91 Å². The molecular formula is C23H19Cl2N3O3. The van der Waals surface area contributed by atoms with Crippen molar-refractivity contribution >= 4 is 46.4 Å². The van der Waals surface area contributed by atoms with Crippen LogP contribution in [0.4, 0.5) is 5.69 Å². The summed E-state index contributed by atoms with van der Waals surface area (Å²) in [5.41, 5.74) is 5.29. The molecule has 0 atom stereocenters. The largest absolute Gasteiger partial charge is 0.496 e. The highest BCUT2D eigenvalue weighted by Crippen LogP contribution is 2.22. The Bertz CT molecular complexity index is 1130. The predicted molar refractivity (Wildman–Crippen MR) is 124 cm³/mol. The molecule has 31 heavy (non-hydrogen) atoms. The molecule has 0 aliphatic heterocycles. The topological polar surface area (TPSA) is 79.8 Å². The Morgan fingerprint density at radius 1 is 0.839 bits per heavy atom. The third kappa shape index (κ3) is 5.84. The maximum atomic E-state index is 12.4. The van der Waals surface area contributed by atoms with E-state index in [1.807, 2.05) is 0 Å². The highest BCUT2D eigenvalue weighted by Gasteiger charge is 2.13. The lowest BCUT2D eigenvalue weighted by molar-refractivity contribution is 0.0951. The first-order valence-corrected chi connectivity index (χ1v) is 9.98. The Balaban J connectivity index is 1.65. The molecule has 0 aromatic heterocycles. The van der Waals surface area contributed by atoms with Gasteiger partial charge in [0.25, 0.3) is 11.8 Å². The van der Waals surface area contributed by atoms with Crippen LogP contribution in [0.25, 0.3) is 0 Å². The number of rotatable bonds is 6. The molecule has 3 aromatic rings. The van der Waals surface area contributed by atoms with E-state index in [9.17, 15) is 9.59 Å². The number of carbonyl (C=O) groups is 2. The van der Waals surface area contributed by atoms with Crippen molar-refractivity contribution in [2.45, 2.75) is 6.92 Å². The molecule has 6 nitrogen and oxygen atoms in total. The third-order valence-electron chi connectivity index (χ3n) is 4.40. The van der Waals surface area contributed by atoms with Crippen molar-refractivity contribution in [2.75, 3.05) is 12.4 Å². The first kappa shape index (κ1) is 22.3. The molecule has 0 heterocycles. The quantitative estimate of drug-likeness (QED) is 0.385. The molecule has 0 bridgehead atoms. The van der Waals surface area contributed by atoms with Crippen LogP contribution in [-0.2, 0) is 0 Å². The van der Waals surface area contributed by atoms with Gasteiger partial charge in [-0.15, -0.1) is 0 Å². The van der Waals surface area contributed by atoms with E-state index in [4.69, 9.17) is 27.9 Å². The summed E-state index contributed by atoms with van der Waals surface area (Å²) in [5.74, 6) is -0.279. The minimum atomic E-state index is -0.439. The Hall–Kier alpha value is -3.35. The molecule has 0 unspecified atom stereocenters. The first-order chi connectivity index (χ1) is 14.9. The lowest BCUT2D eigenvalue weighted by atomic mass is 10.1. The Labute approximate surface area is 189 Å². The summed E-state index contributed by atoms with van der Waals surface area (Å²) in [4.78, 5) is 24.7. The lowest BCUT2D eigenvalue weighted by Gasteiger charge is -2.09. The van der Waals surface area contributed by atoms with E-state index >= 15 is 0 Å². The van der Waals surface area contributed by atoms with Crippen molar-refractivity contribution in [1.82, 2.24) is 5.43 Å². The molecule has 3 aromatic carbocycles. The molecule has 0 spiro atoms. The second-order valence-corrected chi connectivity index (χ2v) is 7.39. The van der Waals surface area contributed by atoms with E-state index in [-0.39, 0.29) is 11.5 Å². The molecule has 0 saturated carbocycles. The fourth-order valence-corrected chi connectivity index (χ4v) is 3.01. The van der Waals surface area contributed by atoms with Gasteiger partial charge in [-0.05, 0) is 67.1 Å². The van der Waals surface area contributed by atoms with Crippen LogP contribution < -0.4 is 15.5 Å². The van der Waals surface area contributed by atoms with Crippen LogP contribution in [0, 0.1) is 0 Å². The van der Waals surface area contributed by atoms with E-state index in [1.165, 1.54) is 13.2 Å². The van der Waals surface area contributed by atoms with Gasteiger partial charge in [-0.2, -0.15) is 5.10 Å². The number of benzene rings is 3. The van der Waals surface area contributed by atoms with Gasteiger partial charge >= 0.3 is 0 Å². The van der Waals surface area contributed by atoms with Gasteiger partial charge in [-0.1, -0.05) is 35.3 Å². The number of ether oxygens (including phenoxy) is 1. The fraction of sp³-hybridized carbons (Fsp3) is 0.0870. The predicted octanol–water partition coefficient (Wildman–Crippen LogP) is 5.41. The van der Waals surface area contributed by atoms with Crippen molar-refractivity contribution in [2.24, 2.45) is 5.10 Å². The molecule has 2 N–H and O–H groups in total. The number of nitrogens with zero attached hydrogens (tertiary/aromatic N) is 1. The zero-order valence-corrected chi connectivity index (χ0v) is 18.3. The number of methoxy groups -OCH3 is 1. The van der Waals surface area contributed by atoms with Crippen LogP contribution in [-0.4, -0.2) is 24.6 Å². The van der Waals surface area contributed by atoms with Crippen molar-refractivity contribution in [3.05, 3.63) is 93.5 Å². The van der Waals surface area contributed by atoms with Gasteiger partial charge in [0.15, 0.2) is 0 Å². The van der Waals surface area contributed by atoms with Crippen molar-refractivity contribution < 1.29 is 14.3 Å². The number of hydrogen-bond acceptors (Lipinski definition) is 4. The molecule has 0 saturated heterocycles. The van der Waals surface area contributed by atoms with Gasteiger partial charge < -0.3 is 10.1 Å². The van der Waals surface area contributed by atoms with E-state index in [1.54, 1.807) is 67.6 Å². The summed E-state index contributed by atoms with van der Waals surface area (Å²) in [6.07, 6.45) is 0. The van der Waals surface area contributed by atoms with Crippen molar-refractivity contribution in [3.8, 4) is 5.75 Å². The zero-order chi connectivity index (χ0) is 22.4. The van der Waals surface area contributed by atoms with Crippen LogP contribution in [0.2, 0.25) is 10.0 Å². The van der Waals surface area contributed by atoms with Gasteiger partial charge in [-0.3, -0.25) is 9.59 Å². The van der Waals surface area contributed by atoms with Crippen LogP contribution in [0.1, 0.15) is 33.2 Å². The summed E-state index contributed by atoms with van der Waals surface area (Å²) >= 11 is 11.8. The zero-order valence-electron chi connectivity index (χ0n) is 16.8. The van der Waals surface area contributed by atoms with Crippen LogP contribution in [0.3, 0.4) is 0 Å². The monoisotopic (exact) mass is 455 g/mol. The molecule has 158 valence electrons. The number of amides is 2. The van der Waals surface area contributed by atoms with Gasteiger partial charge in [0.2, 0.25) is 0 Å². The highest BCUT2D eigenvalue weighted by molar-refractivity contribution is 6.31. The van der Waals surface area contributed by atoms with Gasteiger partial charge in [0.05, 0.1) is 18.4 Å². The molecular weight excluding hydrogens is 437 g/mol. The smallest absolute Gasteiger partial charge is 0.275 e. The maximum absolute atomic E-state index is 12.4. The van der Waals surface area contributed by atoms with E-state index in [0.29, 0.717) is 32.8 Å². The van der Waals surface area contributed by atoms with Gasteiger partial charge in [0.1, 0.15) is 5.75 Å². The van der Waals surface area contributed by atoms with Crippen LogP contribution >= 0.6 is 23.2 Å². The van der Waals surface area contributed by atoms with Crippen molar-refractivity contribution in [1.29, 1.82) is 0 Å². The fourth-order valence-electron chi connectivity index (χ4n) is 2.72. The van der Waals surface area contributed by atoms with Gasteiger partial charge in [-0.25, -0.2) is 5.43 Å². The van der Waals surface area contributed by atoms with Crippen LogP contribution in [0.5, 0.6) is 5.75 Å². The minimum Gasteiger partial charge on any atom is -0.496 e. The lowest BCUT2D eigenvalue weighted by Crippen LogP contribution is -2.20. The second-order valence-electron chi connectivity index (χ2n) is 6.52. The average molecular weight is 456 g/mol. The summed E-state index contributed by atoms with van der Waals surface area (Å²) in [6.45, 7) is 1.76. The number of nitrogens with one attached hydrogen (secondary N) is 2. The van der Waals surface area contributed by atoms with Gasteiger partial charge in [0, 0.05) is 21.3 Å². The van der Waals surface area contributed by atoms with E-state index in [2.05, 4.69) is 15.8 Å². The molecule has 0 radical (unpaired) electrons. The Kier molecular flexibility index (Phi) is 7.28. The second kappa shape index (κ2) is 10.1.